The molecule has 1 aromatic carbocycles. The molecule has 0 aliphatic heterocycles. The summed E-state index contributed by atoms with van der Waals surface area (Å²) in [4.78, 5) is 22.2. The maximum atomic E-state index is 12.4. The van der Waals surface area contributed by atoms with Gasteiger partial charge >= 0.3 is 0 Å². The van der Waals surface area contributed by atoms with E-state index in [1.165, 1.54) is 11.3 Å². The first-order valence-corrected chi connectivity index (χ1v) is 9.58. The average Bonchev–Trinajstić information content (AvgIpc) is 3.11. The van der Waals surface area contributed by atoms with Crippen LogP contribution in [-0.2, 0) is 13.0 Å². The maximum Gasteiger partial charge on any atom is 0.263 e. The number of hydrogen-bond donors (Lipinski definition) is 1. The van der Waals surface area contributed by atoms with E-state index in [1.54, 1.807) is 0 Å². The lowest BCUT2D eigenvalue weighted by atomic mass is 10.3. The van der Waals surface area contributed by atoms with Crippen LogP contribution in [0.25, 0.3) is 11.0 Å². The fourth-order valence-corrected chi connectivity index (χ4v) is 4.06. The number of imidazole rings is 1. The summed E-state index contributed by atoms with van der Waals surface area (Å²) in [6, 6.07) is 8.15. The van der Waals surface area contributed by atoms with Crippen molar-refractivity contribution >= 4 is 28.3 Å². The highest BCUT2D eigenvalue weighted by atomic mass is 32.1. The Bertz CT molecular complexity index is 881. The molecule has 0 saturated heterocycles. The number of nitrogens with one attached hydrogen (secondary N) is 1. The molecule has 3 rings (SSSR count). The van der Waals surface area contributed by atoms with Crippen LogP contribution in [0.2, 0.25) is 0 Å². The molecule has 1 amide bonds. The summed E-state index contributed by atoms with van der Waals surface area (Å²) in [6.07, 6.45) is 2.85. The monoisotopic (exact) mass is 356 g/mol. The normalized spacial score (nSPS) is 11.2. The quantitative estimate of drug-likeness (QED) is 0.654. The molecular weight excluding hydrogens is 332 g/mol. The zero-order valence-corrected chi connectivity index (χ0v) is 15.8. The second-order valence-corrected chi connectivity index (χ2v) is 7.26. The van der Waals surface area contributed by atoms with Gasteiger partial charge in [0.05, 0.1) is 21.7 Å². The second kappa shape index (κ2) is 7.78. The van der Waals surface area contributed by atoms with Gasteiger partial charge in [0.1, 0.15) is 10.7 Å². The van der Waals surface area contributed by atoms with Crippen molar-refractivity contribution in [2.24, 2.45) is 0 Å². The number of benzene rings is 1. The van der Waals surface area contributed by atoms with Crippen molar-refractivity contribution < 1.29 is 4.79 Å². The van der Waals surface area contributed by atoms with Crippen LogP contribution in [0.3, 0.4) is 0 Å². The Morgan fingerprint density at radius 1 is 1.24 bits per heavy atom. The zero-order chi connectivity index (χ0) is 17.8. The summed E-state index contributed by atoms with van der Waals surface area (Å²) in [7, 11) is 0. The highest BCUT2D eigenvalue weighted by Crippen LogP contribution is 2.19. The molecule has 0 saturated carbocycles. The van der Waals surface area contributed by atoms with E-state index in [9.17, 15) is 4.79 Å². The molecular formula is C19H24N4OS. The van der Waals surface area contributed by atoms with E-state index in [4.69, 9.17) is 0 Å². The van der Waals surface area contributed by atoms with Crippen LogP contribution in [0.4, 0.5) is 0 Å². The van der Waals surface area contributed by atoms with Crippen molar-refractivity contribution in [2.45, 2.75) is 46.6 Å². The number of para-hydroxylation sites is 2. The highest BCUT2D eigenvalue weighted by molar-refractivity contribution is 7.13. The number of fused-ring (bicyclic) bond motifs is 1. The van der Waals surface area contributed by atoms with Crippen molar-refractivity contribution in [3.05, 3.63) is 45.7 Å². The lowest BCUT2D eigenvalue weighted by Crippen LogP contribution is -2.25. The number of aromatic nitrogens is 3. The van der Waals surface area contributed by atoms with Crippen LogP contribution < -0.4 is 5.32 Å². The third-order valence-electron chi connectivity index (χ3n) is 4.20. The molecule has 2 aromatic heterocycles. The molecule has 0 aliphatic carbocycles. The van der Waals surface area contributed by atoms with E-state index in [0.717, 1.165) is 58.2 Å². The lowest BCUT2D eigenvalue weighted by molar-refractivity contribution is 0.0956. The molecule has 132 valence electrons. The maximum absolute atomic E-state index is 12.4. The Balaban J connectivity index is 1.56. The average molecular weight is 356 g/mol. The predicted octanol–water partition coefficient (Wildman–Crippen LogP) is 3.88. The second-order valence-electron chi connectivity index (χ2n) is 6.18. The summed E-state index contributed by atoms with van der Waals surface area (Å²) in [6.45, 7) is 7.54. The molecule has 0 aliphatic rings. The summed E-state index contributed by atoms with van der Waals surface area (Å²) in [5, 5.41) is 4.07. The van der Waals surface area contributed by atoms with Gasteiger partial charge in [-0.2, -0.15) is 0 Å². The smallest absolute Gasteiger partial charge is 0.263 e. The van der Waals surface area contributed by atoms with Gasteiger partial charge in [-0.25, -0.2) is 9.97 Å². The number of thiazole rings is 1. The molecule has 2 heterocycles. The number of carbonyl (C=O) groups excluding carboxylic acids is 1. The first-order valence-electron chi connectivity index (χ1n) is 8.76. The van der Waals surface area contributed by atoms with Crippen LogP contribution in [0, 0.1) is 13.8 Å². The molecule has 25 heavy (non-hydrogen) atoms. The fraction of sp³-hybridized carbons (Fsp3) is 0.421. The van der Waals surface area contributed by atoms with Gasteiger partial charge in [-0.3, -0.25) is 4.79 Å². The Morgan fingerprint density at radius 2 is 2.04 bits per heavy atom. The number of aryl methyl sites for hydroxylation is 4. The van der Waals surface area contributed by atoms with Gasteiger partial charge in [-0.05, 0) is 45.2 Å². The lowest BCUT2D eigenvalue weighted by Gasteiger charge is -2.08. The molecule has 0 atom stereocenters. The molecule has 5 nitrogen and oxygen atoms in total. The van der Waals surface area contributed by atoms with E-state index >= 15 is 0 Å². The van der Waals surface area contributed by atoms with Crippen LogP contribution in [0.15, 0.2) is 24.3 Å². The van der Waals surface area contributed by atoms with Gasteiger partial charge in [0.15, 0.2) is 0 Å². The Hall–Kier alpha value is -2.21. The van der Waals surface area contributed by atoms with Crippen molar-refractivity contribution in [1.29, 1.82) is 0 Å². The minimum Gasteiger partial charge on any atom is -0.351 e. The molecule has 0 unspecified atom stereocenters. The van der Waals surface area contributed by atoms with Gasteiger partial charge in [-0.15, -0.1) is 11.3 Å². The largest absolute Gasteiger partial charge is 0.351 e. The van der Waals surface area contributed by atoms with E-state index < -0.39 is 0 Å². The summed E-state index contributed by atoms with van der Waals surface area (Å²) in [5.74, 6) is 1.000. The molecule has 1 N–H and O–H groups in total. The molecule has 6 heteroatoms. The van der Waals surface area contributed by atoms with Crippen molar-refractivity contribution in [1.82, 2.24) is 19.9 Å². The third kappa shape index (κ3) is 3.90. The molecule has 0 bridgehead atoms. The van der Waals surface area contributed by atoms with E-state index in [2.05, 4.69) is 32.8 Å². The standard InChI is InChI=1S/C19H24N4OS/c1-4-8-17-21-13(2)18(25-17)19(24)20-11-7-12-23-14(3)22-15-9-5-6-10-16(15)23/h5-6,9-10H,4,7-8,11-12H2,1-3H3,(H,20,24). The molecule has 0 spiro atoms. The number of amides is 1. The SMILES string of the molecule is CCCc1nc(C)c(C(=O)NCCCn2c(C)nc3ccccc32)s1. The number of carbonyl (C=O) groups is 1. The zero-order valence-electron chi connectivity index (χ0n) is 15.0. The number of nitrogens with zero attached hydrogens (tertiary/aromatic N) is 3. The van der Waals surface area contributed by atoms with Gasteiger partial charge in [0.2, 0.25) is 0 Å². The summed E-state index contributed by atoms with van der Waals surface area (Å²) in [5.41, 5.74) is 3.00. The van der Waals surface area contributed by atoms with Crippen LogP contribution in [0.1, 0.15) is 46.0 Å². The Labute approximate surface area is 152 Å². The van der Waals surface area contributed by atoms with Gasteiger partial charge in [0, 0.05) is 13.1 Å². The summed E-state index contributed by atoms with van der Waals surface area (Å²) >= 11 is 1.51. The fourth-order valence-electron chi connectivity index (χ4n) is 2.98. The van der Waals surface area contributed by atoms with Crippen LogP contribution in [-0.4, -0.2) is 27.0 Å². The Kier molecular flexibility index (Phi) is 5.48. The molecule has 0 fully saturated rings. The van der Waals surface area contributed by atoms with E-state index in [1.807, 2.05) is 32.0 Å². The number of hydrogen-bond acceptors (Lipinski definition) is 4. The summed E-state index contributed by atoms with van der Waals surface area (Å²) < 4.78 is 2.21. The predicted molar refractivity (Wildman–Crippen MR) is 102 cm³/mol. The molecule has 3 aromatic rings. The Morgan fingerprint density at radius 3 is 2.84 bits per heavy atom. The highest BCUT2D eigenvalue weighted by Gasteiger charge is 2.14. The first-order chi connectivity index (χ1) is 12.1. The van der Waals surface area contributed by atoms with Gasteiger partial charge in [0.25, 0.3) is 5.91 Å². The van der Waals surface area contributed by atoms with Crippen molar-refractivity contribution in [2.75, 3.05) is 6.54 Å². The molecule has 0 radical (unpaired) electrons. The number of rotatable bonds is 7. The van der Waals surface area contributed by atoms with Gasteiger partial charge < -0.3 is 9.88 Å². The van der Waals surface area contributed by atoms with E-state index in [-0.39, 0.29) is 5.91 Å². The van der Waals surface area contributed by atoms with Gasteiger partial charge in [-0.1, -0.05) is 19.1 Å². The van der Waals surface area contributed by atoms with E-state index in [0.29, 0.717) is 6.54 Å². The van der Waals surface area contributed by atoms with Crippen LogP contribution in [0.5, 0.6) is 0 Å². The minimum atomic E-state index is -0.00966. The third-order valence-corrected chi connectivity index (χ3v) is 5.42. The first kappa shape index (κ1) is 17.6. The topological polar surface area (TPSA) is 59.8 Å². The minimum absolute atomic E-state index is 0.00966. The van der Waals surface area contributed by atoms with Crippen molar-refractivity contribution in [3.8, 4) is 0 Å². The van der Waals surface area contributed by atoms with Crippen LogP contribution >= 0.6 is 11.3 Å². The van der Waals surface area contributed by atoms with Crippen molar-refractivity contribution in [3.63, 3.8) is 0 Å².